The number of ether oxygens (including phenoxy) is 1. The molecule has 2 rings (SSSR count). The van der Waals surface area contributed by atoms with Gasteiger partial charge in [-0.15, -0.1) is 0 Å². The van der Waals surface area contributed by atoms with Gasteiger partial charge < -0.3 is 10.1 Å². The molecule has 1 heterocycles. The molecule has 1 aliphatic heterocycles. The van der Waals surface area contributed by atoms with Crippen molar-refractivity contribution < 1.29 is 4.74 Å². The van der Waals surface area contributed by atoms with Crippen LogP contribution in [0.3, 0.4) is 0 Å². The van der Waals surface area contributed by atoms with Crippen molar-refractivity contribution in [1.82, 2.24) is 10.2 Å². The van der Waals surface area contributed by atoms with Crippen LogP contribution in [0.15, 0.2) is 24.3 Å². The molecule has 0 aliphatic carbocycles. The maximum Gasteiger partial charge on any atom is 0.118 e. The summed E-state index contributed by atoms with van der Waals surface area (Å²) < 4.78 is 5.24. The van der Waals surface area contributed by atoms with Crippen molar-refractivity contribution in [1.29, 1.82) is 0 Å². The van der Waals surface area contributed by atoms with Crippen LogP contribution in [-0.4, -0.2) is 36.7 Å². The molecule has 1 saturated heterocycles. The summed E-state index contributed by atoms with van der Waals surface area (Å²) in [5.74, 6) is 0.931. The van der Waals surface area contributed by atoms with Crippen LogP contribution in [0.2, 0.25) is 0 Å². The number of hydrogen-bond acceptors (Lipinski definition) is 3. The normalized spacial score (nSPS) is 22.8. The fourth-order valence-corrected chi connectivity index (χ4v) is 3.23. The largest absolute Gasteiger partial charge is 0.497 e. The second-order valence-corrected chi connectivity index (χ2v) is 6.30. The first kappa shape index (κ1) is 16.3. The molecule has 0 amide bonds. The molecule has 0 bridgehead atoms. The summed E-state index contributed by atoms with van der Waals surface area (Å²) in [4.78, 5) is 2.63. The predicted molar refractivity (Wildman–Crippen MR) is 88.8 cm³/mol. The van der Waals surface area contributed by atoms with E-state index >= 15 is 0 Å². The second-order valence-electron chi connectivity index (χ2n) is 6.30. The molecule has 3 heteroatoms. The molecule has 1 aromatic rings. The Morgan fingerprint density at radius 1 is 1.24 bits per heavy atom. The van der Waals surface area contributed by atoms with Crippen molar-refractivity contribution >= 4 is 0 Å². The fraction of sp³-hybridized carbons (Fsp3) is 0.667. The molecule has 0 aromatic heterocycles. The first-order chi connectivity index (χ1) is 10.1. The second kappa shape index (κ2) is 7.28. The Hall–Kier alpha value is -1.06. The summed E-state index contributed by atoms with van der Waals surface area (Å²) in [5, 5.41) is 3.80. The van der Waals surface area contributed by atoms with E-state index in [-0.39, 0.29) is 5.54 Å². The van der Waals surface area contributed by atoms with Crippen molar-refractivity contribution in [3.05, 3.63) is 29.8 Å². The minimum atomic E-state index is 0.275. The third-order valence-electron chi connectivity index (χ3n) is 5.09. The van der Waals surface area contributed by atoms with Crippen LogP contribution in [0, 0.1) is 0 Å². The lowest BCUT2D eigenvalue weighted by Crippen LogP contribution is -2.51. The molecule has 118 valence electrons. The number of nitrogens with zero attached hydrogens (tertiary/aromatic N) is 1. The Labute approximate surface area is 129 Å². The standard InChI is InChI=1S/C18H30N2O/c1-5-18(6-2)14-20(15(3)11-12-19-18)13-16-7-9-17(21-4)10-8-16/h7-10,15,19H,5-6,11-14H2,1-4H3. The quantitative estimate of drug-likeness (QED) is 0.899. The van der Waals surface area contributed by atoms with Crippen molar-refractivity contribution in [3.8, 4) is 5.75 Å². The predicted octanol–water partition coefficient (Wildman–Crippen LogP) is 3.44. The number of rotatable bonds is 5. The van der Waals surface area contributed by atoms with Gasteiger partial charge in [0, 0.05) is 24.7 Å². The lowest BCUT2D eigenvalue weighted by Gasteiger charge is -2.37. The van der Waals surface area contributed by atoms with E-state index < -0.39 is 0 Å². The molecule has 0 saturated carbocycles. The number of nitrogens with one attached hydrogen (secondary N) is 1. The molecular formula is C18H30N2O. The number of methoxy groups -OCH3 is 1. The molecule has 0 spiro atoms. The highest BCUT2D eigenvalue weighted by Gasteiger charge is 2.32. The summed E-state index contributed by atoms with van der Waals surface area (Å²) in [6, 6.07) is 9.11. The first-order valence-corrected chi connectivity index (χ1v) is 8.24. The molecule has 21 heavy (non-hydrogen) atoms. The molecule has 1 unspecified atom stereocenters. The summed E-state index contributed by atoms with van der Waals surface area (Å²) in [7, 11) is 1.72. The first-order valence-electron chi connectivity index (χ1n) is 8.24. The maximum absolute atomic E-state index is 5.24. The Morgan fingerprint density at radius 2 is 1.90 bits per heavy atom. The van der Waals surface area contributed by atoms with Crippen LogP contribution in [0.25, 0.3) is 0 Å². The van der Waals surface area contributed by atoms with Gasteiger partial charge in [0.25, 0.3) is 0 Å². The lowest BCUT2D eigenvalue weighted by molar-refractivity contribution is 0.152. The Kier molecular flexibility index (Phi) is 5.65. The molecule has 1 atom stereocenters. The summed E-state index contributed by atoms with van der Waals surface area (Å²) in [6.45, 7) is 10.2. The van der Waals surface area contributed by atoms with Crippen LogP contribution >= 0.6 is 0 Å². The smallest absolute Gasteiger partial charge is 0.118 e. The zero-order valence-electron chi connectivity index (χ0n) is 14.0. The topological polar surface area (TPSA) is 24.5 Å². The molecule has 1 fully saturated rings. The van der Waals surface area contributed by atoms with Gasteiger partial charge in [-0.2, -0.15) is 0 Å². The average molecular weight is 290 g/mol. The molecule has 1 aromatic carbocycles. The van der Waals surface area contributed by atoms with Crippen LogP contribution in [0.1, 0.15) is 45.6 Å². The van der Waals surface area contributed by atoms with E-state index in [1.54, 1.807) is 7.11 Å². The van der Waals surface area contributed by atoms with Gasteiger partial charge in [0.1, 0.15) is 5.75 Å². The summed E-state index contributed by atoms with van der Waals surface area (Å²) in [6.07, 6.45) is 3.60. The van der Waals surface area contributed by atoms with Crippen molar-refractivity contribution in [2.45, 2.75) is 58.2 Å². The van der Waals surface area contributed by atoms with Gasteiger partial charge in [0.05, 0.1) is 7.11 Å². The molecule has 0 radical (unpaired) electrons. The SMILES string of the molecule is CCC1(CC)CN(Cc2ccc(OC)cc2)C(C)CCN1. The monoisotopic (exact) mass is 290 g/mol. The summed E-state index contributed by atoms with van der Waals surface area (Å²) >= 11 is 0. The van der Waals surface area contributed by atoms with E-state index in [0.717, 1.165) is 25.4 Å². The van der Waals surface area contributed by atoms with Gasteiger partial charge in [-0.25, -0.2) is 0 Å². The van der Waals surface area contributed by atoms with Crippen LogP contribution < -0.4 is 10.1 Å². The minimum Gasteiger partial charge on any atom is -0.497 e. The average Bonchev–Trinajstić information content (AvgIpc) is 2.68. The minimum absolute atomic E-state index is 0.275. The molecule has 1 N–H and O–H groups in total. The molecular weight excluding hydrogens is 260 g/mol. The van der Waals surface area contributed by atoms with Crippen molar-refractivity contribution in [2.75, 3.05) is 20.2 Å². The third-order valence-corrected chi connectivity index (χ3v) is 5.09. The van der Waals surface area contributed by atoms with E-state index in [2.05, 4.69) is 55.3 Å². The zero-order valence-corrected chi connectivity index (χ0v) is 14.0. The van der Waals surface area contributed by atoms with E-state index in [4.69, 9.17) is 4.74 Å². The van der Waals surface area contributed by atoms with Crippen LogP contribution in [0.5, 0.6) is 5.75 Å². The Morgan fingerprint density at radius 3 is 2.48 bits per heavy atom. The molecule has 1 aliphatic rings. The highest BCUT2D eigenvalue weighted by atomic mass is 16.5. The van der Waals surface area contributed by atoms with Gasteiger partial charge in [-0.1, -0.05) is 26.0 Å². The fourth-order valence-electron chi connectivity index (χ4n) is 3.23. The van der Waals surface area contributed by atoms with E-state index in [0.29, 0.717) is 6.04 Å². The van der Waals surface area contributed by atoms with E-state index in [9.17, 15) is 0 Å². The Bertz CT molecular complexity index is 425. The van der Waals surface area contributed by atoms with Crippen LogP contribution in [0.4, 0.5) is 0 Å². The number of hydrogen-bond donors (Lipinski definition) is 1. The van der Waals surface area contributed by atoms with Gasteiger partial charge in [-0.05, 0) is 50.4 Å². The highest BCUT2D eigenvalue weighted by molar-refractivity contribution is 5.27. The zero-order chi connectivity index (χ0) is 15.3. The molecule has 3 nitrogen and oxygen atoms in total. The highest BCUT2D eigenvalue weighted by Crippen LogP contribution is 2.24. The van der Waals surface area contributed by atoms with Gasteiger partial charge in [-0.3, -0.25) is 4.90 Å². The van der Waals surface area contributed by atoms with Gasteiger partial charge in [0.2, 0.25) is 0 Å². The van der Waals surface area contributed by atoms with Crippen molar-refractivity contribution in [2.24, 2.45) is 0 Å². The maximum atomic E-state index is 5.24. The van der Waals surface area contributed by atoms with Gasteiger partial charge >= 0.3 is 0 Å². The van der Waals surface area contributed by atoms with E-state index in [1.165, 1.54) is 24.8 Å². The summed E-state index contributed by atoms with van der Waals surface area (Å²) in [5.41, 5.74) is 1.64. The Balaban J connectivity index is 2.10. The van der Waals surface area contributed by atoms with Gasteiger partial charge in [0.15, 0.2) is 0 Å². The number of benzene rings is 1. The van der Waals surface area contributed by atoms with Crippen molar-refractivity contribution in [3.63, 3.8) is 0 Å². The lowest BCUT2D eigenvalue weighted by atomic mass is 9.92. The van der Waals surface area contributed by atoms with E-state index in [1.807, 2.05) is 0 Å². The van der Waals surface area contributed by atoms with Crippen LogP contribution in [-0.2, 0) is 6.54 Å². The third kappa shape index (κ3) is 3.98.